The molecule has 14 heteroatoms. The Balaban J connectivity index is 1.28. The number of halogens is 6. The summed E-state index contributed by atoms with van der Waals surface area (Å²) in [4.78, 5) is 4.02. The standard InChI is InChI=1S/C31H35F6N5O2S/c1-40-16-13-24(14-17-40)41-18-11-23(12-19-41)39-28-5-2-6-29-27(28)20-25(42(29)21-30(32,33)34)4-3-15-38-22-7-9-26(10-8-22)45(43,44)31(35,36)37/h2,5-10,20,23-24,38-39H,11-19,21H2,1H3. The lowest BCUT2D eigenvalue weighted by molar-refractivity contribution is -0.140. The predicted molar refractivity (Wildman–Crippen MR) is 162 cm³/mol. The number of hydrogen-bond acceptors (Lipinski definition) is 6. The van der Waals surface area contributed by atoms with Gasteiger partial charge in [-0.25, -0.2) is 8.42 Å². The Labute approximate surface area is 258 Å². The lowest BCUT2D eigenvalue weighted by Gasteiger charge is -2.41. The molecule has 2 fully saturated rings. The van der Waals surface area contributed by atoms with E-state index in [1.165, 1.54) is 12.8 Å². The van der Waals surface area contributed by atoms with Crippen molar-refractivity contribution >= 4 is 32.1 Å². The number of nitrogens with one attached hydrogen (secondary N) is 2. The van der Waals surface area contributed by atoms with Crippen molar-refractivity contribution in [1.29, 1.82) is 0 Å². The van der Waals surface area contributed by atoms with Gasteiger partial charge in [0.1, 0.15) is 6.54 Å². The normalized spacial score (nSPS) is 18.1. The molecule has 2 aliphatic rings. The van der Waals surface area contributed by atoms with Crippen LogP contribution in [0.3, 0.4) is 0 Å². The molecule has 45 heavy (non-hydrogen) atoms. The fourth-order valence-corrected chi connectivity index (χ4v) is 6.78. The third-order valence-corrected chi connectivity index (χ3v) is 9.95. The van der Waals surface area contributed by atoms with Crippen molar-refractivity contribution in [3.63, 3.8) is 0 Å². The van der Waals surface area contributed by atoms with Crippen LogP contribution in [-0.4, -0.2) is 86.3 Å². The number of nitrogens with zero attached hydrogens (tertiary/aromatic N) is 3. The second kappa shape index (κ2) is 13.1. The van der Waals surface area contributed by atoms with Gasteiger partial charge >= 0.3 is 11.7 Å². The Hall–Kier alpha value is -3.41. The van der Waals surface area contributed by atoms with Crippen LogP contribution in [0.5, 0.6) is 0 Å². The van der Waals surface area contributed by atoms with Gasteiger partial charge in [0.05, 0.1) is 22.7 Å². The minimum Gasteiger partial charge on any atom is -0.382 e. The summed E-state index contributed by atoms with van der Waals surface area (Å²) < 4.78 is 103. The zero-order valence-corrected chi connectivity index (χ0v) is 25.5. The number of benzene rings is 2. The van der Waals surface area contributed by atoms with Crippen LogP contribution in [-0.2, 0) is 16.4 Å². The van der Waals surface area contributed by atoms with Gasteiger partial charge in [-0.1, -0.05) is 12.0 Å². The van der Waals surface area contributed by atoms with Crippen LogP contribution >= 0.6 is 0 Å². The molecule has 0 aliphatic carbocycles. The molecule has 0 unspecified atom stereocenters. The fourth-order valence-electron chi connectivity index (χ4n) is 6.02. The minimum atomic E-state index is -5.47. The predicted octanol–water partition coefficient (Wildman–Crippen LogP) is 5.93. The van der Waals surface area contributed by atoms with Crippen molar-refractivity contribution in [2.45, 2.75) is 60.9 Å². The highest BCUT2D eigenvalue weighted by atomic mass is 32.2. The van der Waals surface area contributed by atoms with Crippen molar-refractivity contribution in [3.05, 3.63) is 54.2 Å². The second-order valence-electron chi connectivity index (χ2n) is 11.6. The first kappa shape index (κ1) is 33.0. The number of sulfone groups is 1. The Morgan fingerprint density at radius 3 is 2.20 bits per heavy atom. The van der Waals surface area contributed by atoms with Crippen LogP contribution in [0, 0.1) is 11.8 Å². The van der Waals surface area contributed by atoms with Crippen molar-refractivity contribution in [2.24, 2.45) is 0 Å². The summed E-state index contributed by atoms with van der Waals surface area (Å²) >= 11 is 0. The van der Waals surface area contributed by atoms with Gasteiger partial charge in [-0.05, 0) is 94.2 Å². The smallest absolute Gasteiger partial charge is 0.382 e. The Kier molecular flexibility index (Phi) is 9.62. The number of rotatable bonds is 7. The van der Waals surface area contributed by atoms with Gasteiger partial charge in [0.25, 0.3) is 9.84 Å². The zero-order valence-electron chi connectivity index (χ0n) is 24.7. The largest absolute Gasteiger partial charge is 0.501 e. The average Bonchev–Trinajstić information content (AvgIpc) is 3.32. The molecule has 0 amide bonds. The van der Waals surface area contributed by atoms with Gasteiger partial charge in [0.15, 0.2) is 0 Å². The van der Waals surface area contributed by atoms with Crippen molar-refractivity contribution in [3.8, 4) is 11.8 Å². The molecule has 1 aromatic heterocycles. The molecule has 5 rings (SSSR count). The maximum atomic E-state index is 13.6. The highest BCUT2D eigenvalue weighted by molar-refractivity contribution is 7.92. The van der Waals surface area contributed by atoms with E-state index in [0.29, 0.717) is 22.6 Å². The maximum absolute atomic E-state index is 13.6. The minimum absolute atomic E-state index is 0.0418. The maximum Gasteiger partial charge on any atom is 0.501 e. The van der Waals surface area contributed by atoms with Crippen molar-refractivity contribution in [1.82, 2.24) is 14.4 Å². The fraction of sp³-hybridized carbons (Fsp3) is 0.484. The lowest BCUT2D eigenvalue weighted by atomic mass is 9.97. The third kappa shape index (κ3) is 7.88. The molecule has 0 saturated carbocycles. The Morgan fingerprint density at radius 1 is 0.911 bits per heavy atom. The van der Waals surface area contributed by atoms with E-state index in [0.717, 1.165) is 73.5 Å². The average molecular weight is 656 g/mol. The number of fused-ring (bicyclic) bond motifs is 1. The van der Waals surface area contributed by atoms with Crippen LogP contribution in [0.25, 0.3) is 10.9 Å². The number of aromatic nitrogens is 1. The molecule has 0 spiro atoms. The molecule has 0 radical (unpaired) electrons. The number of anilines is 2. The van der Waals surface area contributed by atoms with Gasteiger partial charge in [0, 0.05) is 41.9 Å². The van der Waals surface area contributed by atoms with E-state index in [1.54, 1.807) is 18.2 Å². The molecule has 2 aliphatic heterocycles. The molecule has 7 nitrogen and oxygen atoms in total. The summed E-state index contributed by atoms with van der Waals surface area (Å²) in [6, 6.07) is 11.6. The number of alkyl halides is 6. The molecule has 244 valence electrons. The van der Waals surface area contributed by atoms with Crippen LogP contribution in [0.4, 0.5) is 37.7 Å². The van der Waals surface area contributed by atoms with Crippen LogP contribution < -0.4 is 10.6 Å². The molecule has 3 heterocycles. The van der Waals surface area contributed by atoms with Gasteiger partial charge in [-0.2, -0.15) is 26.3 Å². The highest BCUT2D eigenvalue weighted by Gasteiger charge is 2.46. The number of piperidine rings is 2. The van der Waals surface area contributed by atoms with E-state index in [9.17, 15) is 34.8 Å². The van der Waals surface area contributed by atoms with Crippen LogP contribution in [0.2, 0.25) is 0 Å². The van der Waals surface area contributed by atoms with E-state index in [-0.39, 0.29) is 18.3 Å². The molecule has 2 aromatic carbocycles. The molecular formula is C31H35F6N5O2S. The first-order chi connectivity index (χ1) is 21.2. The summed E-state index contributed by atoms with van der Waals surface area (Å²) in [6.07, 6.45) is -0.277. The monoisotopic (exact) mass is 655 g/mol. The topological polar surface area (TPSA) is 69.6 Å². The van der Waals surface area contributed by atoms with Gasteiger partial charge in [-0.15, -0.1) is 0 Å². The van der Waals surface area contributed by atoms with E-state index < -0.39 is 33.0 Å². The summed E-state index contributed by atoms with van der Waals surface area (Å²) in [5, 5.41) is 7.03. The summed E-state index contributed by atoms with van der Waals surface area (Å²) in [6.45, 7) is 2.89. The van der Waals surface area contributed by atoms with Crippen LogP contribution in [0.1, 0.15) is 31.4 Å². The van der Waals surface area contributed by atoms with Gasteiger partial charge in [-0.3, -0.25) is 0 Å². The lowest BCUT2D eigenvalue weighted by Crippen LogP contribution is -2.48. The van der Waals surface area contributed by atoms with E-state index in [2.05, 4.69) is 39.3 Å². The Morgan fingerprint density at radius 2 is 1.58 bits per heavy atom. The summed E-state index contributed by atoms with van der Waals surface area (Å²) in [5.41, 5.74) is -3.79. The van der Waals surface area contributed by atoms with Crippen LogP contribution in [0.15, 0.2) is 53.4 Å². The Bertz CT molecular complexity index is 1640. The molecule has 3 aromatic rings. The first-order valence-corrected chi connectivity index (χ1v) is 16.2. The highest BCUT2D eigenvalue weighted by Crippen LogP contribution is 2.33. The van der Waals surface area contributed by atoms with Gasteiger partial charge < -0.3 is 25.0 Å². The van der Waals surface area contributed by atoms with Crippen molar-refractivity contribution < 1.29 is 34.8 Å². The molecule has 2 saturated heterocycles. The number of hydrogen-bond donors (Lipinski definition) is 2. The van der Waals surface area contributed by atoms with Crippen molar-refractivity contribution in [2.75, 3.05) is 50.4 Å². The first-order valence-electron chi connectivity index (χ1n) is 14.7. The molecule has 0 atom stereocenters. The van der Waals surface area contributed by atoms with E-state index in [1.807, 2.05) is 6.07 Å². The van der Waals surface area contributed by atoms with E-state index in [4.69, 9.17) is 0 Å². The second-order valence-corrected chi connectivity index (χ2v) is 13.5. The molecule has 2 N–H and O–H groups in total. The quantitative estimate of drug-likeness (QED) is 0.243. The van der Waals surface area contributed by atoms with Gasteiger partial charge in [0.2, 0.25) is 0 Å². The zero-order chi connectivity index (χ0) is 32.4. The third-order valence-electron chi connectivity index (χ3n) is 8.44. The number of likely N-dealkylation sites (tertiary alicyclic amines) is 2. The van der Waals surface area contributed by atoms with E-state index >= 15 is 0 Å². The summed E-state index contributed by atoms with van der Waals surface area (Å²) in [7, 11) is -3.32. The SMILES string of the molecule is CN1CCC(N2CCC(Nc3cccc4c3cc(C#CCNc3ccc(S(=O)(=O)C(F)(F)F)cc3)n4CC(F)(F)F)CC2)CC1. The molecule has 0 bridgehead atoms. The summed E-state index contributed by atoms with van der Waals surface area (Å²) in [5.74, 6) is 5.56. The molecular weight excluding hydrogens is 620 g/mol.